The predicted molar refractivity (Wildman–Crippen MR) is 80.1 cm³/mol. The molecule has 6 heteroatoms. The van der Waals surface area contributed by atoms with Gasteiger partial charge < -0.3 is 10.1 Å². The number of carbonyl (C=O) groups excluding carboxylic acids is 1. The second-order valence-electron chi connectivity index (χ2n) is 5.89. The van der Waals surface area contributed by atoms with E-state index in [4.69, 9.17) is 4.74 Å². The van der Waals surface area contributed by atoms with Crippen LogP contribution in [0.25, 0.3) is 5.65 Å². The maximum absolute atomic E-state index is 13.8. The van der Waals surface area contributed by atoms with Crippen molar-refractivity contribution >= 4 is 11.6 Å². The topological polar surface area (TPSA) is 55.6 Å². The van der Waals surface area contributed by atoms with Crippen LogP contribution in [-0.4, -0.2) is 28.5 Å². The number of halogens is 1. The van der Waals surface area contributed by atoms with Crippen LogP contribution >= 0.6 is 0 Å². The fourth-order valence-corrected chi connectivity index (χ4v) is 2.86. The summed E-state index contributed by atoms with van der Waals surface area (Å²) in [4.78, 5) is 15.8. The summed E-state index contributed by atoms with van der Waals surface area (Å²) in [5.74, 6) is -0.285. The lowest BCUT2D eigenvalue weighted by Crippen LogP contribution is -2.36. The predicted octanol–water partition coefficient (Wildman–Crippen LogP) is 2.54. The van der Waals surface area contributed by atoms with Gasteiger partial charge in [0.25, 0.3) is 0 Å². The molecule has 1 saturated carbocycles. The van der Waals surface area contributed by atoms with E-state index in [1.165, 1.54) is 30.8 Å². The largest absolute Gasteiger partial charge is 0.465 e. The average Bonchev–Trinajstić information content (AvgIpc) is 2.83. The first kappa shape index (κ1) is 15.0. The summed E-state index contributed by atoms with van der Waals surface area (Å²) >= 11 is 0. The summed E-state index contributed by atoms with van der Waals surface area (Å²) in [5, 5.41) is 3.45. The van der Waals surface area contributed by atoms with Crippen molar-refractivity contribution in [3.8, 4) is 0 Å². The number of hydrogen-bond donors (Lipinski definition) is 1. The third-order valence-electron chi connectivity index (χ3n) is 4.51. The average molecular weight is 305 g/mol. The number of pyridine rings is 1. The van der Waals surface area contributed by atoms with Gasteiger partial charge >= 0.3 is 5.97 Å². The van der Waals surface area contributed by atoms with Crippen LogP contribution in [0, 0.1) is 11.9 Å². The molecule has 0 bridgehead atoms. The van der Waals surface area contributed by atoms with Crippen molar-refractivity contribution in [1.82, 2.24) is 14.7 Å². The van der Waals surface area contributed by atoms with Crippen molar-refractivity contribution in [3.05, 3.63) is 35.5 Å². The molecule has 118 valence electrons. The van der Waals surface area contributed by atoms with E-state index >= 15 is 0 Å². The number of ether oxygens (including phenoxy) is 1. The van der Waals surface area contributed by atoms with Crippen LogP contribution in [0.3, 0.4) is 0 Å². The normalized spacial score (nSPS) is 16.5. The van der Waals surface area contributed by atoms with Crippen LogP contribution in [0.2, 0.25) is 0 Å². The Hall–Kier alpha value is -1.95. The second kappa shape index (κ2) is 6.04. The Bertz CT molecular complexity index is 694. The smallest absolute Gasteiger partial charge is 0.341 e. The number of esters is 1. The number of fused-ring (bicyclic) bond motifs is 1. The Labute approximate surface area is 128 Å². The van der Waals surface area contributed by atoms with E-state index < -0.39 is 11.9 Å². The Balaban J connectivity index is 1.85. The van der Waals surface area contributed by atoms with Gasteiger partial charge in [0.2, 0.25) is 5.95 Å². The van der Waals surface area contributed by atoms with Crippen molar-refractivity contribution in [2.75, 3.05) is 7.11 Å². The van der Waals surface area contributed by atoms with Gasteiger partial charge in [-0.25, -0.2) is 9.78 Å². The molecule has 22 heavy (non-hydrogen) atoms. The first-order valence-corrected chi connectivity index (χ1v) is 7.57. The van der Waals surface area contributed by atoms with Gasteiger partial charge in [-0.15, -0.1) is 0 Å². The monoisotopic (exact) mass is 305 g/mol. The minimum atomic E-state index is -0.510. The van der Waals surface area contributed by atoms with Gasteiger partial charge in [-0.05, 0) is 37.3 Å². The van der Waals surface area contributed by atoms with Crippen LogP contribution < -0.4 is 5.32 Å². The number of aromatic nitrogens is 2. The highest BCUT2D eigenvalue weighted by Crippen LogP contribution is 2.29. The lowest BCUT2D eigenvalue weighted by atomic mass is 9.80. The van der Waals surface area contributed by atoms with E-state index in [-0.39, 0.29) is 11.2 Å². The number of imidazole rings is 1. The van der Waals surface area contributed by atoms with Gasteiger partial charge in [-0.2, -0.15) is 4.39 Å². The number of methoxy groups -OCH3 is 1. The molecule has 0 amide bonds. The molecule has 2 heterocycles. The van der Waals surface area contributed by atoms with E-state index in [1.54, 1.807) is 12.3 Å². The first-order valence-electron chi connectivity index (χ1n) is 7.57. The molecule has 1 fully saturated rings. The van der Waals surface area contributed by atoms with Gasteiger partial charge in [0.1, 0.15) is 5.56 Å². The zero-order valence-electron chi connectivity index (χ0n) is 12.8. The van der Waals surface area contributed by atoms with E-state index in [9.17, 15) is 9.18 Å². The van der Waals surface area contributed by atoms with Crippen molar-refractivity contribution in [1.29, 1.82) is 0 Å². The summed E-state index contributed by atoms with van der Waals surface area (Å²) in [5.41, 5.74) is 1.39. The highest BCUT2D eigenvalue weighted by Gasteiger charge is 2.23. The fourth-order valence-electron chi connectivity index (χ4n) is 2.86. The number of nitrogens with zero attached hydrogens (tertiary/aromatic N) is 2. The molecule has 0 unspecified atom stereocenters. The minimum Gasteiger partial charge on any atom is -0.465 e. The van der Waals surface area contributed by atoms with Crippen molar-refractivity contribution in [2.45, 2.75) is 38.8 Å². The van der Waals surface area contributed by atoms with E-state index in [2.05, 4.69) is 17.2 Å². The standard InChI is InChI=1S/C16H20FN3O2/c1-10(12-4-3-5-12)18-7-11-6-13(16(21)22-2)15-19-8-14(17)20(15)9-11/h6,8-10,12,18H,3-5,7H2,1-2H3/t10-/m0/s1. The van der Waals surface area contributed by atoms with Crippen LogP contribution in [0.1, 0.15) is 42.1 Å². The van der Waals surface area contributed by atoms with Gasteiger partial charge in [0.15, 0.2) is 5.65 Å². The molecule has 2 aromatic heterocycles. The number of hydrogen-bond acceptors (Lipinski definition) is 4. The summed E-state index contributed by atoms with van der Waals surface area (Å²) in [6.07, 6.45) is 6.60. The molecule has 1 aliphatic carbocycles. The third-order valence-corrected chi connectivity index (χ3v) is 4.51. The third kappa shape index (κ3) is 2.70. The molecular weight excluding hydrogens is 285 g/mol. The van der Waals surface area contributed by atoms with E-state index in [0.29, 0.717) is 18.5 Å². The molecule has 1 N–H and O–H groups in total. The quantitative estimate of drug-likeness (QED) is 0.863. The molecule has 2 aromatic rings. The molecule has 0 aromatic carbocycles. The van der Waals surface area contributed by atoms with Gasteiger partial charge in [0, 0.05) is 18.8 Å². The summed E-state index contributed by atoms with van der Waals surface area (Å²) < 4.78 is 19.8. The van der Waals surface area contributed by atoms with Crippen molar-refractivity contribution < 1.29 is 13.9 Å². The zero-order valence-corrected chi connectivity index (χ0v) is 12.8. The molecule has 3 rings (SSSR count). The highest BCUT2D eigenvalue weighted by atomic mass is 19.1. The number of carbonyl (C=O) groups is 1. The molecule has 1 aliphatic rings. The zero-order chi connectivity index (χ0) is 15.7. The van der Waals surface area contributed by atoms with Gasteiger partial charge in [0.05, 0.1) is 13.3 Å². The Morgan fingerprint density at radius 3 is 3.00 bits per heavy atom. The van der Waals surface area contributed by atoms with E-state index in [0.717, 1.165) is 11.8 Å². The van der Waals surface area contributed by atoms with Crippen LogP contribution in [0.4, 0.5) is 4.39 Å². The molecular formula is C16H20FN3O2. The molecule has 5 nitrogen and oxygen atoms in total. The van der Waals surface area contributed by atoms with Gasteiger partial charge in [-0.3, -0.25) is 4.40 Å². The lowest BCUT2D eigenvalue weighted by molar-refractivity contribution is 0.0602. The number of rotatable bonds is 5. The van der Waals surface area contributed by atoms with E-state index in [1.807, 2.05) is 0 Å². The Morgan fingerprint density at radius 2 is 2.36 bits per heavy atom. The van der Waals surface area contributed by atoms with Crippen LogP contribution in [0.15, 0.2) is 18.5 Å². The van der Waals surface area contributed by atoms with Crippen molar-refractivity contribution in [3.63, 3.8) is 0 Å². The Morgan fingerprint density at radius 1 is 1.59 bits per heavy atom. The molecule has 0 aliphatic heterocycles. The maximum Gasteiger partial charge on any atom is 0.341 e. The summed E-state index contributed by atoms with van der Waals surface area (Å²) in [7, 11) is 1.31. The van der Waals surface area contributed by atoms with Crippen LogP contribution in [-0.2, 0) is 11.3 Å². The lowest BCUT2D eigenvalue weighted by Gasteiger charge is -2.32. The molecule has 0 spiro atoms. The van der Waals surface area contributed by atoms with Crippen molar-refractivity contribution in [2.24, 2.45) is 5.92 Å². The van der Waals surface area contributed by atoms with Gasteiger partial charge in [-0.1, -0.05) is 6.42 Å². The summed E-state index contributed by atoms with van der Waals surface area (Å²) in [6, 6.07) is 2.13. The first-order chi connectivity index (χ1) is 10.6. The fraction of sp³-hybridized carbons (Fsp3) is 0.500. The van der Waals surface area contributed by atoms with Crippen LogP contribution in [0.5, 0.6) is 0 Å². The number of nitrogens with one attached hydrogen (secondary N) is 1. The SMILES string of the molecule is COC(=O)c1cc(CN[C@@H](C)C2CCC2)cn2c(F)cnc12. The Kier molecular flexibility index (Phi) is 4.11. The summed E-state index contributed by atoms with van der Waals surface area (Å²) in [6.45, 7) is 2.75. The second-order valence-corrected chi connectivity index (χ2v) is 5.89. The molecule has 0 radical (unpaired) electrons. The molecule has 0 saturated heterocycles. The minimum absolute atomic E-state index is 0.278. The maximum atomic E-state index is 13.8. The highest BCUT2D eigenvalue weighted by molar-refractivity contribution is 5.95. The molecule has 1 atom stereocenters.